The number of hydrogen-bond acceptors (Lipinski definition) is 5. The van der Waals surface area contributed by atoms with Gasteiger partial charge in [-0.3, -0.25) is 9.69 Å². The van der Waals surface area contributed by atoms with Crippen LogP contribution in [0.2, 0.25) is 10.0 Å². The van der Waals surface area contributed by atoms with Gasteiger partial charge in [-0.1, -0.05) is 55.5 Å². The summed E-state index contributed by atoms with van der Waals surface area (Å²) in [6.07, 6.45) is 5.35. The number of amides is 3. The molecule has 1 fully saturated rings. The highest BCUT2D eigenvalue weighted by Crippen LogP contribution is 2.30. The molecule has 1 aliphatic carbocycles. The zero-order chi connectivity index (χ0) is 29.5. The Bertz CT molecular complexity index is 1210. The number of aliphatic hydroxyl groups is 1. The third-order valence-corrected chi connectivity index (χ3v) is 8.78. The molecule has 1 aliphatic heterocycles. The van der Waals surface area contributed by atoms with E-state index in [1.54, 1.807) is 11.0 Å². The van der Waals surface area contributed by atoms with E-state index < -0.39 is 0 Å². The summed E-state index contributed by atoms with van der Waals surface area (Å²) in [4.78, 5) is 30.1. The number of ether oxygens (including phenoxy) is 1. The summed E-state index contributed by atoms with van der Waals surface area (Å²) in [6, 6.07) is 10.7. The molecule has 3 amide bonds. The van der Waals surface area contributed by atoms with Gasteiger partial charge in [0.1, 0.15) is 11.9 Å². The number of aliphatic hydroxyl groups excluding tert-OH is 1. The van der Waals surface area contributed by atoms with E-state index in [-0.39, 0.29) is 49.1 Å². The lowest BCUT2D eigenvalue weighted by molar-refractivity contribution is -0.134. The number of urea groups is 1. The Kier molecular flexibility index (Phi) is 11.2. The normalized spacial score (nSPS) is 20.9. The number of nitrogens with one attached hydrogen (secondary N) is 2. The van der Waals surface area contributed by atoms with Crippen molar-refractivity contribution in [1.82, 2.24) is 15.1 Å². The molecule has 224 valence electrons. The fraction of sp³-hybridized carbons (Fsp3) is 0.548. The van der Waals surface area contributed by atoms with Crippen LogP contribution >= 0.6 is 23.2 Å². The van der Waals surface area contributed by atoms with Crippen LogP contribution in [-0.2, 0) is 17.8 Å². The second-order valence-electron chi connectivity index (χ2n) is 11.6. The van der Waals surface area contributed by atoms with Gasteiger partial charge < -0.3 is 25.4 Å². The van der Waals surface area contributed by atoms with Crippen molar-refractivity contribution in [2.24, 2.45) is 5.92 Å². The number of halogens is 2. The van der Waals surface area contributed by atoms with Crippen LogP contribution in [0.3, 0.4) is 0 Å². The summed E-state index contributed by atoms with van der Waals surface area (Å²) in [5.41, 5.74) is 2.34. The first-order chi connectivity index (χ1) is 19.6. The number of carbonyl (C=O) groups excluding carboxylic acids is 2. The SMILES string of the molecule is C[C@H]1CN([C@@H](C)CO)C(=O)Cc2cc(NC(=O)NC3CCCCC3)ccc2O[C@@H]1CN(C)Cc1ccc(Cl)c(Cl)c1. The minimum atomic E-state index is -0.330. The van der Waals surface area contributed by atoms with E-state index in [0.717, 1.165) is 31.2 Å². The average Bonchev–Trinajstić information content (AvgIpc) is 2.98. The molecule has 4 rings (SSSR count). The Morgan fingerprint density at radius 2 is 1.90 bits per heavy atom. The van der Waals surface area contributed by atoms with Gasteiger partial charge in [-0.2, -0.15) is 0 Å². The third kappa shape index (κ3) is 8.74. The monoisotopic (exact) mass is 604 g/mol. The van der Waals surface area contributed by atoms with Gasteiger partial charge in [-0.25, -0.2) is 4.79 Å². The van der Waals surface area contributed by atoms with Crippen molar-refractivity contribution in [2.75, 3.05) is 32.1 Å². The Labute approximate surface area is 253 Å². The van der Waals surface area contributed by atoms with Crippen molar-refractivity contribution >= 4 is 40.8 Å². The van der Waals surface area contributed by atoms with Gasteiger partial charge in [-0.05, 0) is 62.7 Å². The maximum atomic E-state index is 13.5. The molecular weight excluding hydrogens is 563 g/mol. The molecule has 0 spiro atoms. The van der Waals surface area contributed by atoms with Crippen molar-refractivity contribution in [3.8, 4) is 5.75 Å². The number of fused-ring (bicyclic) bond motifs is 1. The van der Waals surface area contributed by atoms with Gasteiger partial charge >= 0.3 is 6.03 Å². The lowest BCUT2D eigenvalue weighted by atomic mass is 9.96. The first-order valence-electron chi connectivity index (χ1n) is 14.5. The molecule has 2 aromatic carbocycles. The molecule has 10 heteroatoms. The largest absolute Gasteiger partial charge is 0.488 e. The highest BCUT2D eigenvalue weighted by molar-refractivity contribution is 6.42. The molecule has 0 unspecified atom stereocenters. The van der Waals surface area contributed by atoms with E-state index in [9.17, 15) is 14.7 Å². The van der Waals surface area contributed by atoms with Gasteiger partial charge in [0, 0.05) is 42.8 Å². The Morgan fingerprint density at radius 1 is 1.15 bits per heavy atom. The summed E-state index contributed by atoms with van der Waals surface area (Å²) in [6.45, 7) is 5.48. The van der Waals surface area contributed by atoms with E-state index in [4.69, 9.17) is 27.9 Å². The molecule has 1 heterocycles. The summed E-state index contributed by atoms with van der Waals surface area (Å²) in [5.74, 6) is 0.515. The minimum absolute atomic E-state index is 0.0192. The quantitative estimate of drug-likeness (QED) is 0.358. The minimum Gasteiger partial charge on any atom is -0.488 e. The number of rotatable bonds is 8. The molecule has 0 bridgehead atoms. The number of nitrogens with zero attached hydrogens (tertiary/aromatic N) is 2. The Hall–Kier alpha value is -2.52. The lowest BCUT2D eigenvalue weighted by Gasteiger charge is -2.34. The van der Waals surface area contributed by atoms with E-state index in [1.807, 2.05) is 44.3 Å². The van der Waals surface area contributed by atoms with Gasteiger partial charge in [0.15, 0.2) is 0 Å². The van der Waals surface area contributed by atoms with Gasteiger partial charge in [0.2, 0.25) is 5.91 Å². The predicted molar refractivity (Wildman–Crippen MR) is 164 cm³/mol. The number of benzene rings is 2. The molecule has 2 aliphatic rings. The maximum Gasteiger partial charge on any atom is 0.319 e. The number of carbonyl (C=O) groups is 2. The lowest BCUT2D eigenvalue weighted by Crippen LogP contribution is -2.47. The summed E-state index contributed by atoms with van der Waals surface area (Å²) in [5, 5.41) is 17.0. The molecule has 1 saturated carbocycles. The van der Waals surface area contributed by atoms with E-state index in [1.165, 1.54) is 6.42 Å². The van der Waals surface area contributed by atoms with Crippen molar-refractivity contribution in [2.45, 2.75) is 77.1 Å². The summed E-state index contributed by atoms with van der Waals surface area (Å²) >= 11 is 12.3. The number of hydrogen-bond donors (Lipinski definition) is 3. The molecule has 0 aromatic heterocycles. The fourth-order valence-corrected chi connectivity index (χ4v) is 5.97. The van der Waals surface area contributed by atoms with Crippen molar-refractivity contribution in [3.63, 3.8) is 0 Å². The predicted octanol–water partition coefficient (Wildman–Crippen LogP) is 5.73. The van der Waals surface area contributed by atoms with Crippen LogP contribution in [-0.4, -0.2) is 71.8 Å². The van der Waals surface area contributed by atoms with Crippen LogP contribution in [0.4, 0.5) is 10.5 Å². The highest BCUT2D eigenvalue weighted by atomic mass is 35.5. The third-order valence-electron chi connectivity index (χ3n) is 8.04. The van der Waals surface area contributed by atoms with Gasteiger partial charge in [-0.15, -0.1) is 0 Å². The molecule has 2 aromatic rings. The zero-order valence-electron chi connectivity index (χ0n) is 24.2. The topological polar surface area (TPSA) is 94.1 Å². The van der Waals surface area contributed by atoms with Crippen LogP contribution in [0.5, 0.6) is 5.75 Å². The Morgan fingerprint density at radius 3 is 2.61 bits per heavy atom. The van der Waals surface area contributed by atoms with Crippen LogP contribution < -0.4 is 15.4 Å². The first kappa shape index (κ1) is 31.4. The smallest absolute Gasteiger partial charge is 0.319 e. The molecule has 3 atom stereocenters. The van der Waals surface area contributed by atoms with E-state index in [0.29, 0.717) is 46.7 Å². The fourth-order valence-electron chi connectivity index (χ4n) is 5.65. The highest BCUT2D eigenvalue weighted by Gasteiger charge is 2.31. The molecule has 41 heavy (non-hydrogen) atoms. The zero-order valence-corrected chi connectivity index (χ0v) is 25.7. The molecular formula is C31H42Cl2N4O4. The van der Waals surface area contributed by atoms with Gasteiger partial charge in [0.05, 0.1) is 29.1 Å². The van der Waals surface area contributed by atoms with Crippen LogP contribution in [0, 0.1) is 5.92 Å². The van der Waals surface area contributed by atoms with E-state index in [2.05, 4.69) is 22.5 Å². The standard InChI is InChI=1S/C31H42Cl2N4O4/c1-20-16-37(21(2)19-38)30(39)15-23-14-25(35-31(40)34-24-7-5-4-6-8-24)10-12-28(23)41-29(20)18-36(3)17-22-9-11-26(32)27(33)13-22/h9-14,20-21,24,29,38H,4-8,15-19H2,1-3H3,(H2,34,35,40)/t20-,21-,29+/m0/s1. The summed E-state index contributed by atoms with van der Waals surface area (Å²) < 4.78 is 6.61. The van der Waals surface area contributed by atoms with Crippen molar-refractivity contribution in [1.29, 1.82) is 0 Å². The van der Waals surface area contributed by atoms with E-state index >= 15 is 0 Å². The Balaban J connectivity index is 1.54. The number of likely N-dealkylation sites (N-methyl/N-ethyl adjacent to an activating group) is 1. The second kappa shape index (κ2) is 14.6. The molecule has 0 radical (unpaired) electrons. The van der Waals surface area contributed by atoms with Crippen LogP contribution in [0.15, 0.2) is 36.4 Å². The molecule has 0 saturated heterocycles. The summed E-state index contributed by atoms with van der Waals surface area (Å²) in [7, 11) is 2.02. The number of anilines is 1. The van der Waals surface area contributed by atoms with Crippen molar-refractivity contribution < 1.29 is 19.4 Å². The second-order valence-corrected chi connectivity index (χ2v) is 12.4. The van der Waals surface area contributed by atoms with Gasteiger partial charge in [0.25, 0.3) is 0 Å². The first-order valence-corrected chi connectivity index (χ1v) is 15.3. The van der Waals surface area contributed by atoms with Crippen LogP contribution in [0.25, 0.3) is 0 Å². The van der Waals surface area contributed by atoms with Crippen molar-refractivity contribution in [3.05, 3.63) is 57.6 Å². The van der Waals surface area contributed by atoms with Crippen LogP contribution in [0.1, 0.15) is 57.1 Å². The average molecular weight is 606 g/mol. The molecule has 8 nitrogen and oxygen atoms in total. The molecule has 3 N–H and O–H groups in total. The maximum absolute atomic E-state index is 13.5.